The zero-order valence-electron chi connectivity index (χ0n) is 20.4. The molecular formula is C26H25ClN8O2. The first kappa shape index (κ1) is 23.2. The molecule has 1 aliphatic heterocycles. The Bertz CT molecular complexity index is 1630. The van der Waals surface area contributed by atoms with Crippen LogP contribution in [-0.2, 0) is 0 Å². The van der Waals surface area contributed by atoms with E-state index in [0.29, 0.717) is 39.8 Å². The van der Waals surface area contributed by atoms with Crippen molar-refractivity contribution in [2.24, 2.45) is 0 Å². The van der Waals surface area contributed by atoms with Crippen molar-refractivity contribution in [2.45, 2.75) is 32.4 Å². The van der Waals surface area contributed by atoms with E-state index >= 15 is 0 Å². The molecule has 11 heteroatoms. The maximum absolute atomic E-state index is 12.4. The molecule has 1 aliphatic rings. The van der Waals surface area contributed by atoms with Crippen LogP contribution in [0.25, 0.3) is 33.3 Å². The van der Waals surface area contributed by atoms with Gasteiger partial charge in [0.2, 0.25) is 0 Å². The van der Waals surface area contributed by atoms with Crippen molar-refractivity contribution in [3.63, 3.8) is 0 Å². The second kappa shape index (κ2) is 9.36. The molecule has 1 atom stereocenters. The maximum atomic E-state index is 12.4. The van der Waals surface area contributed by atoms with Crippen molar-refractivity contribution in [3.8, 4) is 22.8 Å². The number of benzene rings is 2. The number of aromatic nitrogens is 6. The van der Waals surface area contributed by atoms with E-state index in [2.05, 4.69) is 25.4 Å². The Morgan fingerprint density at radius 2 is 2.03 bits per heavy atom. The van der Waals surface area contributed by atoms with Gasteiger partial charge in [0.15, 0.2) is 0 Å². The number of urea groups is 1. The summed E-state index contributed by atoms with van der Waals surface area (Å²) in [6.07, 6.45) is 8.05. The van der Waals surface area contributed by atoms with E-state index in [9.17, 15) is 4.79 Å². The molecule has 3 aromatic heterocycles. The number of imidazole rings is 1. The van der Waals surface area contributed by atoms with Gasteiger partial charge in [0.1, 0.15) is 34.0 Å². The van der Waals surface area contributed by atoms with Gasteiger partial charge in [-0.15, -0.1) is 0 Å². The lowest BCUT2D eigenvalue weighted by Gasteiger charge is -2.35. The first-order valence-electron chi connectivity index (χ1n) is 12.1. The SMILES string of the molecule is CNC(=O)N1CCCCC1n1cc(-c2cnc3ccc(Oc4ccc5nc(C)[nH]c5c4)c(Cl)c3n2)cn1. The number of likely N-dealkylation sites (tertiary alicyclic amines) is 1. The van der Waals surface area contributed by atoms with Crippen LogP contribution in [0, 0.1) is 6.92 Å². The van der Waals surface area contributed by atoms with E-state index in [-0.39, 0.29) is 12.2 Å². The minimum Gasteiger partial charge on any atom is -0.456 e. The summed E-state index contributed by atoms with van der Waals surface area (Å²) >= 11 is 6.75. The number of rotatable bonds is 4. The number of amides is 2. The molecule has 1 fully saturated rings. The molecule has 0 spiro atoms. The molecule has 0 bridgehead atoms. The van der Waals surface area contributed by atoms with Gasteiger partial charge in [-0.2, -0.15) is 5.10 Å². The van der Waals surface area contributed by atoms with Crippen LogP contribution < -0.4 is 10.1 Å². The van der Waals surface area contributed by atoms with Crippen molar-refractivity contribution in [3.05, 3.63) is 59.8 Å². The maximum Gasteiger partial charge on any atom is 0.318 e. The number of H-pyrrole nitrogens is 1. The van der Waals surface area contributed by atoms with E-state index in [1.54, 1.807) is 25.5 Å². The third-order valence-electron chi connectivity index (χ3n) is 6.57. The Morgan fingerprint density at radius 3 is 2.89 bits per heavy atom. The molecule has 0 saturated carbocycles. The molecule has 2 aromatic carbocycles. The van der Waals surface area contributed by atoms with Crippen LogP contribution in [0.3, 0.4) is 0 Å². The topological polar surface area (TPSA) is 114 Å². The minimum atomic E-state index is -0.143. The van der Waals surface area contributed by atoms with Crippen LogP contribution in [0.2, 0.25) is 5.02 Å². The van der Waals surface area contributed by atoms with Gasteiger partial charge in [-0.1, -0.05) is 11.6 Å². The van der Waals surface area contributed by atoms with Crippen molar-refractivity contribution >= 4 is 39.7 Å². The molecule has 0 aliphatic carbocycles. The van der Waals surface area contributed by atoms with Crippen molar-refractivity contribution < 1.29 is 9.53 Å². The highest BCUT2D eigenvalue weighted by Gasteiger charge is 2.28. The number of piperidine rings is 1. The number of halogens is 1. The zero-order chi connectivity index (χ0) is 25.5. The molecule has 0 radical (unpaired) electrons. The van der Waals surface area contributed by atoms with Gasteiger partial charge in [-0.3, -0.25) is 4.98 Å². The number of fused-ring (bicyclic) bond motifs is 2. The third-order valence-corrected chi connectivity index (χ3v) is 6.93. The predicted molar refractivity (Wildman–Crippen MR) is 141 cm³/mol. The Morgan fingerprint density at radius 1 is 1.16 bits per heavy atom. The first-order chi connectivity index (χ1) is 18.0. The van der Waals surface area contributed by atoms with E-state index in [1.807, 2.05) is 47.0 Å². The number of carbonyl (C=O) groups is 1. The van der Waals surface area contributed by atoms with Gasteiger partial charge < -0.3 is 19.9 Å². The summed E-state index contributed by atoms with van der Waals surface area (Å²) in [7, 11) is 1.64. The summed E-state index contributed by atoms with van der Waals surface area (Å²) < 4.78 is 7.92. The second-order valence-electron chi connectivity index (χ2n) is 9.04. The lowest BCUT2D eigenvalue weighted by molar-refractivity contribution is 0.109. The molecule has 1 unspecified atom stereocenters. The van der Waals surface area contributed by atoms with Crippen molar-refractivity contribution in [1.29, 1.82) is 0 Å². The molecule has 5 aromatic rings. The molecule has 2 amide bonds. The average Bonchev–Trinajstić information content (AvgIpc) is 3.56. The zero-order valence-corrected chi connectivity index (χ0v) is 21.2. The van der Waals surface area contributed by atoms with Crippen LogP contribution in [0.1, 0.15) is 31.3 Å². The van der Waals surface area contributed by atoms with Crippen LogP contribution >= 0.6 is 11.6 Å². The molecule has 2 N–H and O–H groups in total. The fraction of sp³-hybridized carbons (Fsp3) is 0.269. The highest BCUT2D eigenvalue weighted by atomic mass is 35.5. The quantitative estimate of drug-likeness (QED) is 0.328. The minimum absolute atomic E-state index is 0.103. The first-order valence-corrected chi connectivity index (χ1v) is 12.5. The summed E-state index contributed by atoms with van der Waals surface area (Å²) in [6.45, 7) is 2.61. The highest BCUT2D eigenvalue weighted by Crippen LogP contribution is 2.36. The fourth-order valence-electron chi connectivity index (χ4n) is 4.75. The number of ether oxygens (including phenoxy) is 1. The highest BCUT2D eigenvalue weighted by molar-refractivity contribution is 6.36. The standard InChI is InChI=1S/C26H25ClN8O2/c1-15-31-18-7-6-17(11-20(18)32-15)37-22-9-8-19-25(24(22)27)33-21(13-29-19)16-12-30-35(14-16)23-5-3-4-10-34(23)26(36)28-2/h6-9,11-14,23H,3-5,10H2,1-2H3,(H,28,36)(H,31,32). The van der Waals surface area contributed by atoms with E-state index in [4.69, 9.17) is 21.3 Å². The van der Waals surface area contributed by atoms with Crippen molar-refractivity contribution in [2.75, 3.05) is 13.6 Å². The van der Waals surface area contributed by atoms with Crippen LogP contribution in [0.5, 0.6) is 11.5 Å². The Labute approximate surface area is 217 Å². The molecule has 10 nitrogen and oxygen atoms in total. The van der Waals surface area contributed by atoms with Gasteiger partial charge in [0.05, 0.1) is 34.6 Å². The van der Waals surface area contributed by atoms with Gasteiger partial charge in [0, 0.05) is 31.4 Å². The number of aromatic amines is 1. The smallest absolute Gasteiger partial charge is 0.318 e. The summed E-state index contributed by atoms with van der Waals surface area (Å²) in [5.41, 5.74) is 4.38. The number of aryl methyl sites for hydroxylation is 1. The molecule has 188 valence electrons. The summed E-state index contributed by atoms with van der Waals surface area (Å²) in [4.78, 5) is 31.2. The summed E-state index contributed by atoms with van der Waals surface area (Å²) in [5.74, 6) is 1.96. The largest absolute Gasteiger partial charge is 0.456 e. The van der Waals surface area contributed by atoms with Gasteiger partial charge in [-0.25, -0.2) is 19.4 Å². The number of nitrogens with one attached hydrogen (secondary N) is 2. The number of carbonyl (C=O) groups excluding carboxylic acids is 1. The molecule has 4 heterocycles. The van der Waals surface area contributed by atoms with E-state index < -0.39 is 0 Å². The normalized spacial score (nSPS) is 15.9. The molecule has 6 rings (SSSR count). The summed E-state index contributed by atoms with van der Waals surface area (Å²) in [5, 5.41) is 7.64. The molecular weight excluding hydrogens is 492 g/mol. The summed E-state index contributed by atoms with van der Waals surface area (Å²) in [6, 6.07) is 9.16. The number of hydrogen-bond acceptors (Lipinski definition) is 6. The Hall–Kier alpha value is -4.18. The number of nitrogens with zero attached hydrogens (tertiary/aromatic N) is 6. The van der Waals surface area contributed by atoms with Gasteiger partial charge >= 0.3 is 6.03 Å². The lowest BCUT2D eigenvalue weighted by atomic mass is 10.1. The Kier molecular flexibility index (Phi) is 5.88. The Balaban J connectivity index is 1.30. The van der Waals surface area contributed by atoms with E-state index in [1.165, 1.54) is 0 Å². The average molecular weight is 517 g/mol. The van der Waals surface area contributed by atoms with Crippen LogP contribution in [-0.4, -0.2) is 54.2 Å². The van der Waals surface area contributed by atoms with E-state index in [0.717, 1.165) is 41.7 Å². The van der Waals surface area contributed by atoms with Gasteiger partial charge in [0.25, 0.3) is 0 Å². The lowest BCUT2D eigenvalue weighted by Crippen LogP contribution is -2.45. The molecule has 1 saturated heterocycles. The fourth-order valence-corrected chi connectivity index (χ4v) is 4.99. The second-order valence-corrected chi connectivity index (χ2v) is 9.42. The van der Waals surface area contributed by atoms with Crippen LogP contribution in [0.4, 0.5) is 4.79 Å². The number of hydrogen-bond donors (Lipinski definition) is 2. The van der Waals surface area contributed by atoms with Crippen LogP contribution in [0.15, 0.2) is 48.9 Å². The van der Waals surface area contributed by atoms with Gasteiger partial charge in [-0.05, 0) is 50.5 Å². The monoisotopic (exact) mass is 516 g/mol. The molecule has 37 heavy (non-hydrogen) atoms. The predicted octanol–water partition coefficient (Wildman–Crippen LogP) is 5.45. The third kappa shape index (κ3) is 4.33. The van der Waals surface area contributed by atoms with Crippen molar-refractivity contribution in [1.82, 2.24) is 39.9 Å².